The van der Waals surface area contributed by atoms with E-state index in [9.17, 15) is 20.6 Å². The monoisotopic (exact) mass is 735 g/mol. The molecule has 2 saturated carbocycles. The van der Waals surface area contributed by atoms with Crippen LogP contribution in [0.15, 0.2) is 0 Å². The van der Waals surface area contributed by atoms with Crippen molar-refractivity contribution in [2.75, 3.05) is 6.61 Å². The molecule has 2 aliphatic carbocycles. The summed E-state index contributed by atoms with van der Waals surface area (Å²) in [5.41, 5.74) is -1.31. The summed E-state index contributed by atoms with van der Waals surface area (Å²) in [5, 5.41) is 40.0. The van der Waals surface area contributed by atoms with Gasteiger partial charge in [0.15, 0.2) is 43.8 Å². The maximum absolute atomic E-state index is 10.3. The average molecular weight is 736 g/mol. The van der Waals surface area contributed by atoms with Crippen molar-refractivity contribution >= 4 is 33.8 Å². The second-order valence-corrected chi connectivity index (χ2v) is 35.2. The fraction of sp³-hybridized carbons (Fsp3) is 0.970. The first kappa shape index (κ1) is 43.2. The van der Waals surface area contributed by atoms with Crippen molar-refractivity contribution in [3.63, 3.8) is 0 Å². The topological polar surface area (TPSA) is 140 Å². The summed E-state index contributed by atoms with van der Waals surface area (Å²) in [6, 6.07) is 3.01. The molecule has 8 atom stereocenters. The number of nitrogens with zero attached hydrogens (tertiary/aromatic N) is 1. The van der Waals surface area contributed by atoms with Gasteiger partial charge in [-0.2, -0.15) is 5.26 Å². The number of hydrogen-bond acceptors (Lipinski definition) is 10. The second kappa shape index (κ2) is 15.7. The molecular formula is C33H69NO9Si4. The molecule has 0 radical (unpaired) electrons. The van der Waals surface area contributed by atoms with E-state index in [-0.39, 0.29) is 34.9 Å². The quantitative estimate of drug-likeness (QED) is 0.0810. The number of fused-ring (bicyclic) bond motifs is 1. The Bertz CT molecular complexity index is 1010. The standard InChI is InChI=1S/C18H46O5Si4.C15H23NO4/c1-13-18(2,3)17(19)20-15-14-16-27(21-24(4,5)6,22-25(7,8)9)23-26(10,11)12;1-4-14(2,3)12(17)19-10-8-5-9-11(10)20-13(18)15(9,6-8)7-16/h17,19H,13-16H2,1-12H3;8-13,17-18H,4-6H2,1-3H3/t17-;8?,9?,10?,11?,12-,13+,15?/m11/s1. The highest BCUT2D eigenvalue weighted by atomic mass is 28.5. The number of hydrogen-bond donors (Lipinski definition) is 3. The van der Waals surface area contributed by atoms with Crippen molar-refractivity contribution < 1.29 is 41.9 Å². The van der Waals surface area contributed by atoms with Crippen LogP contribution in [0.1, 0.15) is 73.6 Å². The van der Waals surface area contributed by atoms with E-state index in [1.54, 1.807) is 0 Å². The van der Waals surface area contributed by atoms with E-state index in [0.29, 0.717) is 13.0 Å². The molecule has 0 amide bonds. The Kier molecular flexibility index (Phi) is 14.4. The molecule has 5 unspecified atom stereocenters. The summed E-state index contributed by atoms with van der Waals surface area (Å²) in [6.45, 7) is 32.3. The number of rotatable bonds is 17. The maximum atomic E-state index is 10.3. The molecule has 10 nitrogen and oxygen atoms in total. The molecular weight excluding hydrogens is 667 g/mol. The average Bonchev–Trinajstić information content (AvgIpc) is 3.50. The van der Waals surface area contributed by atoms with Gasteiger partial charge in [-0.3, -0.25) is 0 Å². The van der Waals surface area contributed by atoms with Crippen molar-refractivity contribution in [2.45, 2.75) is 170 Å². The highest BCUT2D eigenvalue weighted by Gasteiger charge is 2.70. The first-order valence-electron chi connectivity index (χ1n) is 17.6. The Labute approximate surface area is 290 Å². The molecule has 1 saturated heterocycles. The predicted molar refractivity (Wildman–Crippen MR) is 195 cm³/mol. The fourth-order valence-electron chi connectivity index (χ4n) is 6.49. The van der Waals surface area contributed by atoms with Gasteiger partial charge >= 0.3 is 8.80 Å². The summed E-state index contributed by atoms with van der Waals surface area (Å²) < 4.78 is 37.2. The van der Waals surface area contributed by atoms with E-state index in [1.807, 2.05) is 34.6 Å². The third-order valence-corrected chi connectivity index (χ3v) is 21.7. The first-order chi connectivity index (χ1) is 21.2. The van der Waals surface area contributed by atoms with E-state index >= 15 is 0 Å². The normalized spacial score (nSPS) is 29.3. The lowest BCUT2D eigenvalue weighted by Gasteiger charge is -2.43. The maximum Gasteiger partial charge on any atom is 0.469 e. The van der Waals surface area contributed by atoms with Crippen LogP contribution < -0.4 is 0 Å². The predicted octanol–water partition coefficient (Wildman–Crippen LogP) is 7.03. The highest BCUT2D eigenvalue weighted by molar-refractivity contribution is 6.90. The van der Waals surface area contributed by atoms with Crippen LogP contribution in [0.2, 0.25) is 65.0 Å². The summed E-state index contributed by atoms with van der Waals surface area (Å²) in [5.74, 6) is 0.235. The second-order valence-electron chi connectivity index (χ2n) is 18.2. The number of aliphatic hydroxyl groups excluding tert-OH is 3. The molecule has 47 heavy (non-hydrogen) atoms. The third-order valence-electron chi connectivity index (χ3n) is 9.67. The van der Waals surface area contributed by atoms with E-state index in [2.05, 4.69) is 71.9 Å². The fourth-order valence-corrected chi connectivity index (χ4v) is 21.1. The van der Waals surface area contributed by atoms with Gasteiger partial charge in [0.2, 0.25) is 0 Å². The molecule has 0 aromatic heterocycles. The summed E-state index contributed by atoms with van der Waals surface area (Å²) in [6.07, 6.45) is 0.802. The SMILES string of the molecule is CCC(C)(C)[C@H](O)OC1C2CC3C1O[C@H](O)C3(C#N)C2.CCC(C)(C)[C@H](O)OCCC[Si](O[Si](C)(C)C)(O[Si](C)(C)C)O[Si](C)(C)C. The van der Waals surface area contributed by atoms with Crippen molar-refractivity contribution in [2.24, 2.45) is 28.1 Å². The molecule has 1 aliphatic heterocycles. The van der Waals surface area contributed by atoms with Gasteiger partial charge in [0.1, 0.15) is 5.41 Å². The minimum atomic E-state index is -2.80. The van der Waals surface area contributed by atoms with Crippen LogP contribution in [-0.4, -0.2) is 86.8 Å². The lowest BCUT2D eigenvalue weighted by Crippen LogP contribution is -2.60. The van der Waals surface area contributed by atoms with Crippen LogP contribution in [0.4, 0.5) is 0 Å². The Morgan fingerprint density at radius 2 is 1.32 bits per heavy atom. The van der Waals surface area contributed by atoms with E-state index in [0.717, 1.165) is 31.7 Å². The van der Waals surface area contributed by atoms with Crippen LogP contribution in [0, 0.1) is 39.4 Å². The number of nitriles is 1. The summed E-state index contributed by atoms with van der Waals surface area (Å²) in [7, 11) is -8.34. The van der Waals surface area contributed by atoms with Crippen molar-refractivity contribution in [3.05, 3.63) is 0 Å². The van der Waals surface area contributed by atoms with Crippen molar-refractivity contribution in [1.29, 1.82) is 5.26 Å². The molecule has 3 N–H and O–H groups in total. The van der Waals surface area contributed by atoms with E-state index < -0.39 is 58.0 Å². The first-order valence-corrected chi connectivity index (χ1v) is 29.8. The molecule has 3 rings (SSSR count). The molecule has 2 bridgehead atoms. The van der Waals surface area contributed by atoms with Gasteiger partial charge in [-0.15, -0.1) is 0 Å². The van der Waals surface area contributed by atoms with Gasteiger partial charge in [0, 0.05) is 29.4 Å². The summed E-state index contributed by atoms with van der Waals surface area (Å²) >= 11 is 0. The smallest absolute Gasteiger partial charge is 0.417 e. The lowest BCUT2D eigenvalue weighted by molar-refractivity contribution is -0.226. The van der Waals surface area contributed by atoms with Gasteiger partial charge < -0.3 is 41.9 Å². The Morgan fingerprint density at radius 3 is 1.74 bits per heavy atom. The molecule has 0 aromatic carbocycles. The molecule has 3 aliphatic rings. The van der Waals surface area contributed by atoms with E-state index in [4.69, 9.17) is 26.6 Å². The van der Waals surface area contributed by atoms with Crippen LogP contribution in [-0.2, 0) is 26.6 Å². The molecule has 14 heteroatoms. The zero-order valence-corrected chi connectivity index (χ0v) is 36.2. The van der Waals surface area contributed by atoms with Crippen LogP contribution >= 0.6 is 0 Å². The van der Waals surface area contributed by atoms with Gasteiger partial charge in [0.25, 0.3) is 0 Å². The van der Waals surface area contributed by atoms with Crippen molar-refractivity contribution in [1.82, 2.24) is 0 Å². The van der Waals surface area contributed by atoms with Crippen molar-refractivity contribution in [3.8, 4) is 6.07 Å². The minimum Gasteiger partial charge on any atom is -0.417 e. The van der Waals surface area contributed by atoms with Gasteiger partial charge in [-0.1, -0.05) is 41.5 Å². The van der Waals surface area contributed by atoms with Crippen LogP contribution in [0.3, 0.4) is 0 Å². The lowest BCUT2D eigenvalue weighted by atomic mass is 9.74. The zero-order valence-electron chi connectivity index (χ0n) is 32.2. The number of ether oxygens (including phenoxy) is 3. The molecule has 3 fully saturated rings. The third kappa shape index (κ3) is 11.5. The number of aliphatic hydroxyl groups is 3. The van der Waals surface area contributed by atoms with Gasteiger partial charge in [0.05, 0.1) is 18.3 Å². The zero-order chi connectivity index (χ0) is 36.4. The van der Waals surface area contributed by atoms with Gasteiger partial charge in [-0.05, 0) is 96.9 Å². The van der Waals surface area contributed by atoms with E-state index in [1.165, 1.54) is 0 Å². The van der Waals surface area contributed by atoms with Crippen LogP contribution in [0.25, 0.3) is 0 Å². The van der Waals surface area contributed by atoms with Crippen LogP contribution in [0.5, 0.6) is 0 Å². The largest absolute Gasteiger partial charge is 0.469 e. The summed E-state index contributed by atoms with van der Waals surface area (Å²) in [4.78, 5) is 0. The Hall–Kier alpha value is -0.00247. The highest BCUT2D eigenvalue weighted by Crippen LogP contribution is 2.64. The minimum absolute atomic E-state index is 0.0365. The Balaban J connectivity index is 0.000000338. The molecule has 0 aromatic rings. The molecule has 0 spiro atoms. The molecule has 1 heterocycles. The Morgan fingerprint density at radius 1 is 0.851 bits per heavy atom. The van der Waals surface area contributed by atoms with Gasteiger partial charge in [-0.25, -0.2) is 0 Å². The molecule has 276 valence electrons.